The van der Waals surface area contributed by atoms with Crippen LogP contribution in [-0.2, 0) is 0 Å². The number of rotatable bonds is 9. The average Bonchev–Trinajstić information content (AvgIpc) is 3.30. The summed E-state index contributed by atoms with van der Waals surface area (Å²) in [5, 5.41) is 5.31. The van der Waals surface area contributed by atoms with Gasteiger partial charge in [0.2, 0.25) is 0 Å². The Labute approximate surface area is 231 Å². The van der Waals surface area contributed by atoms with Crippen LogP contribution in [-0.4, -0.2) is 27.1 Å². The summed E-state index contributed by atoms with van der Waals surface area (Å²) in [4.78, 5) is 23.4. The number of para-hydroxylation sites is 1. The molecule has 6 rings (SSSR count). The number of fused-ring (bicyclic) bond motifs is 2. The van der Waals surface area contributed by atoms with Crippen molar-refractivity contribution in [2.24, 2.45) is 0 Å². The van der Waals surface area contributed by atoms with Crippen LogP contribution in [0, 0.1) is 0 Å². The Bertz CT molecular complexity index is 1660. The lowest BCUT2D eigenvalue weighted by molar-refractivity contribution is -0.0498. The van der Waals surface area contributed by atoms with Crippen LogP contribution in [0.2, 0.25) is 0 Å². The summed E-state index contributed by atoms with van der Waals surface area (Å²) in [5.74, 6) is 0.717. The number of nitrogens with zero attached hydrogens (tertiary/aromatic N) is 3. The van der Waals surface area contributed by atoms with E-state index in [1.54, 1.807) is 12.1 Å². The highest BCUT2D eigenvalue weighted by Crippen LogP contribution is 2.41. The lowest BCUT2D eigenvalue weighted by Crippen LogP contribution is -2.29. The zero-order chi connectivity index (χ0) is 27.6. The van der Waals surface area contributed by atoms with Crippen molar-refractivity contribution < 1.29 is 18.3 Å². The molecule has 1 fully saturated rings. The van der Waals surface area contributed by atoms with Crippen molar-refractivity contribution in [2.45, 2.75) is 57.7 Å². The number of aromatic nitrogens is 3. The predicted octanol–water partition coefficient (Wildman–Crippen LogP) is 7.85. The number of alkyl halides is 2. The molecule has 8 heteroatoms. The van der Waals surface area contributed by atoms with Gasteiger partial charge in [-0.05, 0) is 60.9 Å². The predicted molar refractivity (Wildman–Crippen MR) is 152 cm³/mol. The summed E-state index contributed by atoms with van der Waals surface area (Å²) in [6.07, 6.45) is 8.44. The number of amides is 1. The molecule has 0 radical (unpaired) electrons. The number of imidazole rings is 1. The molecule has 1 saturated carbocycles. The van der Waals surface area contributed by atoms with Crippen LogP contribution in [0.25, 0.3) is 33.2 Å². The van der Waals surface area contributed by atoms with Gasteiger partial charge in [0.1, 0.15) is 11.6 Å². The van der Waals surface area contributed by atoms with Crippen LogP contribution in [0.5, 0.6) is 5.75 Å². The minimum atomic E-state index is -2.88. The Morgan fingerprint density at radius 2 is 1.85 bits per heavy atom. The first kappa shape index (κ1) is 25.9. The van der Waals surface area contributed by atoms with Crippen molar-refractivity contribution in [3.8, 4) is 17.1 Å². The molecular weight excluding hydrogens is 510 g/mol. The fourth-order valence-corrected chi connectivity index (χ4v) is 5.55. The molecular formula is C32H30F2N4O2. The van der Waals surface area contributed by atoms with Gasteiger partial charge < -0.3 is 14.6 Å². The van der Waals surface area contributed by atoms with E-state index in [4.69, 9.17) is 4.98 Å². The molecule has 6 nitrogen and oxygen atoms in total. The summed E-state index contributed by atoms with van der Waals surface area (Å²) in [5.41, 5.74) is 3.93. The first-order chi connectivity index (χ1) is 19.5. The third kappa shape index (κ3) is 4.90. The molecule has 0 saturated heterocycles. The molecule has 3 aromatic carbocycles. The molecule has 2 aromatic heterocycles. The number of benzene rings is 3. The van der Waals surface area contributed by atoms with Gasteiger partial charge in [-0.15, -0.1) is 0 Å². The Hall–Kier alpha value is -4.33. The molecule has 5 aromatic rings. The van der Waals surface area contributed by atoms with E-state index in [1.165, 1.54) is 12.1 Å². The molecule has 0 unspecified atom stereocenters. The molecule has 2 heterocycles. The number of carbonyl (C=O) groups excluding carboxylic acids is 1. The lowest BCUT2D eigenvalue weighted by Gasteiger charge is -2.30. The van der Waals surface area contributed by atoms with E-state index < -0.39 is 6.61 Å². The first-order valence-corrected chi connectivity index (χ1v) is 13.7. The van der Waals surface area contributed by atoms with Crippen molar-refractivity contribution in [1.82, 2.24) is 19.9 Å². The van der Waals surface area contributed by atoms with Gasteiger partial charge in [-0.1, -0.05) is 55.8 Å². The number of pyridine rings is 1. The number of hydrogen-bond acceptors (Lipinski definition) is 4. The van der Waals surface area contributed by atoms with E-state index in [9.17, 15) is 13.6 Å². The quantitative estimate of drug-likeness (QED) is 0.207. The topological polar surface area (TPSA) is 69.0 Å². The highest BCUT2D eigenvalue weighted by Gasteiger charge is 2.29. The Morgan fingerprint density at radius 3 is 2.58 bits per heavy atom. The van der Waals surface area contributed by atoms with Crippen LogP contribution in [0.4, 0.5) is 8.78 Å². The van der Waals surface area contributed by atoms with Gasteiger partial charge in [0, 0.05) is 29.4 Å². The molecule has 0 spiro atoms. The molecule has 1 amide bonds. The fourth-order valence-electron chi connectivity index (χ4n) is 5.55. The Kier molecular flexibility index (Phi) is 7.15. The van der Waals surface area contributed by atoms with E-state index in [2.05, 4.69) is 25.7 Å². The third-order valence-corrected chi connectivity index (χ3v) is 7.69. The number of hydrogen-bond donors (Lipinski definition) is 1. The molecule has 204 valence electrons. The third-order valence-electron chi connectivity index (χ3n) is 7.69. The summed E-state index contributed by atoms with van der Waals surface area (Å²) in [6, 6.07) is 20.2. The number of carbonyl (C=O) groups is 1. The molecule has 1 aliphatic rings. The first-order valence-electron chi connectivity index (χ1n) is 13.7. The zero-order valence-electron chi connectivity index (χ0n) is 22.2. The highest BCUT2D eigenvalue weighted by molar-refractivity contribution is 6.06. The largest absolute Gasteiger partial charge is 0.435 e. The van der Waals surface area contributed by atoms with E-state index in [-0.39, 0.29) is 23.7 Å². The maximum atomic E-state index is 13.9. The standard InChI is InChI=1S/C32H30F2N4O2/c1-2-7-27(20-14-16-23(17-15-20)40-32(33)34)37-31(39)25-12-6-13-28-29(25)38(22-9-5-10-22)30(36-28)26-19-35-18-21-8-3-4-11-24(21)26/h3-4,6,8,11-19,22,27,32H,2,5,7,9-10H2,1H3,(H,37,39)/t27-/m0/s1. The van der Waals surface area contributed by atoms with Gasteiger partial charge in [0.15, 0.2) is 0 Å². The monoisotopic (exact) mass is 540 g/mol. The van der Waals surface area contributed by atoms with Gasteiger partial charge in [-0.2, -0.15) is 8.78 Å². The smallest absolute Gasteiger partial charge is 0.387 e. The molecule has 1 aliphatic carbocycles. The number of halogens is 2. The van der Waals surface area contributed by atoms with E-state index >= 15 is 0 Å². The molecule has 0 aliphatic heterocycles. The van der Waals surface area contributed by atoms with Gasteiger partial charge in [0.05, 0.1) is 22.6 Å². The second-order valence-corrected chi connectivity index (χ2v) is 10.2. The van der Waals surface area contributed by atoms with Crippen LogP contribution in [0.15, 0.2) is 79.1 Å². The Balaban J connectivity index is 1.40. The van der Waals surface area contributed by atoms with Gasteiger partial charge in [0.25, 0.3) is 5.91 Å². The van der Waals surface area contributed by atoms with E-state index in [0.717, 1.165) is 64.4 Å². The molecule has 0 bridgehead atoms. The van der Waals surface area contributed by atoms with E-state index in [0.29, 0.717) is 12.0 Å². The van der Waals surface area contributed by atoms with Crippen molar-refractivity contribution in [3.63, 3.8) is 0 Å². The van der Waals surface area contributed by atoms with E-state index in [1.807, 2.05) is 55.7 Å². The SMILES string of the molecule is CCC[C@H](NC(=O)c1cccc2nc(-c3cncc4ccccc34)n(C3CCC3)c12)c1ccc(OC(F)F)cc1. The van der Waals surface area contributed by atoms with Crippen LogP contribution >= 0.6 is 0 Å². The van der Waals surface area contributed by atoms with Gasteiger partial charge in [-0.3, -0.25) is 9.78 Å². The van der Waals surface area contributed by atoms with Crippen LogP contribution < -0.4 is 10.1 Å². The highest BCUT2D eigenvalue weighted by atomic mass is 19.3. The minimum Gasteiger partial charge on any atom is -0.435 e. The normalized spacial score (nSPS) is 14.4. The van der Waals surface area contributed by atoms with Gasteiger partial charge >= 0.3 is 6.61 Å². The summed E-state index contributed by atoms with van der Waals surface area (Å²) in [6.45, 7) is -0.836. The zero-order valence-corrected chi connectivity index (χ0v) is 22.2. The average molecular weight is 541 g/mol. The summed E-state index contributed by atoms with van der Waals surface area (Å²) < 4.78 is 31.9. The van der Waals surface area contributed by atoms with Crippen LogP contribution in [0.1, 0.15) is 67.0 Å². The maximum Gasteiger partial charge on any atom is 0.387 e. The Morgan fingerprint density at radius 1 is 1.05 bits per heavy atom. The molecule has 1 N–H and O–H groups in total. The second-order valence-electron chi connectivity index (χ2n) is 10.2. The van der Waals surface area contributed by atoms with Crippen molar-refractivity contribution >= 4 is 27.7 Å². The fraction of sp³-hybridized carbons (Fsp3) is 0.281. The minimum absolute atomic E-state index is 0.0879. The number of nitrogens with one attached hydrogen (secondary N) is 1. The molecule has 40 heavy (non-hydrogen) atoms. The van der Waals surface area contributed by atoms with Gasteiger partial charge in [-0.25, -0.2) is 4.98 Å². The molecule has 1 atom stereocenters. The van der Waals surface area contributed by atoms with Crippen LogP contribution in [0.3, 0.4) is 0 Å². The maximum absolute atomic E-state index is 13.9. The van der Waals surface area contributed by atoms with Crippen molar-refractivity contribution in [2.75, 3.05) is 0 Å². The lowest BCUT2D eigenvalue weighted by atomic mass is 9.92. The number of ether oxygens (including phenoxy) is 1. The van der Waals surface area contributed by atoms with Crippen molar-refractivity contribution in [1.29, 1.82) is 0 Å². The summed E-state index contributed by atoms with van der Waals surface area (Å²) in [7, 11) is 0. The summed E-state index contributed by atoms with van der Waals surface area (Å²) >= 11 is 0. The second kappa shape index (κ2) is 11.0. The van der Waals surface area contributed by atoms with Crippen molar-refractivity contribution in [3.05, 3.63) is 90.3 Å².